The molecule has 3 rings (SSSR count). The zero-order valence-electron chi connectivity index (χ0n) is 15.5. The van der Waals surface area contributed by atoms with Crippen molar-refractivity contribution < 1.29 is 9.53 Å². The van der Waals surface area contributed by atoms with Gasteiger partial charge in [0.05, 0.1) is 24.7 Å². The van der Waals surface area contributed by atoms with Gasteiger partial charge in [-0.25, -0.2) is 4.98 Å². The Bertz CT molecular complexity index is 735. The van der Waals surface area contributed by atoms with Crippen LogP contribution in [0, 0.1) is 6.92 Å². The summed E-state index contributed by atoms with van der Waals surface area (Å²) in [7, 11) is 1.59. The summed E-state index contributed by atoms with van der Waals surface area (Å²) >= 11 is 0. The smallest absolute Gasteiger partial charge is 0.274 e. The second-order valence-electron chi connectivity index (χ2n) is 6.92. The van der Waals surface area contributed by atoms with Crippen LogP contribution >= 0.6 is 0 Å². The van der Waals surface area contributed by atoms with Crippen LogP contribution in [-0.4, -0.2) is 24.0 Å². The van der Waals surface area contributed by atoms with Crippen molar-refractivity contribution in [2.24, 2.45) is 0 Å². The van der Waals surface area contributed by atoms with Gasteiger partial charge in [0.1, 0.15) is 11.4 Å². The Balaban J connectivity index is 1.64. The highest BCUT2D eigenvalue weighted by molar-refractivity contribution is 6.03. The number of hydrogen-bond donors (Lipinski definition) is 2. The summed E-state index contributed by atoms with van der Waals surface area (Å²) in [6, 6.07) is 9.88. The lowest BCUT2D eigenvalue weighted by Gasteiger charge is -2.17. The van der Waals surface area contributed by atoms with Gasteiger partial charge in [0, 0.05) is 6.04 Å². The van der Waals surface area contributed by atoms with Gasteiger partial charge in [0.25, 0.3) is 5.91 Å². The molecule has 1 heterocycles. The third-order valence-corrected chi connectivity index (χ3v) is 4.83. The standard InChI is InChI=1S/C21H27N3O2/c1-15-9-12-20(26-2)19(13-15)24-21(25)18-11-10-17(14-22-18)23-16-7-5-3-4-6-8-16/h9-14,16,23H,3-8H2,1-2H3,(H,24,25). The number of hydrogen-bond acceptors (Lipinski definition) is 4. The molecule has 1 aromatic heterocycles. The van der Waals surface area contributed by atoms with Crippen molar-refractivity contribution in [1.29, 1.82) is 0 Å². The highest BCUT2D eigenvalue weighted by Crippen LogP contribution is 2.26. The molecule has 2 aromatic rings. The molecule has 1 amide bonds. The van der Waals surface area contributed by atoms with Crippen LogP contribution in [0.25, 0.3) is 0 Å². The quantitative estimate of drug-likeness (QED) is 0.759. The minimum atomic E-state index is -0.241. The van der Waals surface area contributed by atoms with Crippen molar-refractivity contribution in [3.05, 3.63) is 47.8 Å². The SMILES string of the molecule is COc1ccc(C)cc1NC(=O)c1ccc(NC2CCCCCC2)cn1. The summed E-state index contributed by atoms with van der Waals surface area (Å²) < 4.78 is 5.31. The van der Waals surface area contributed by atoms with Crippen LogP contribution in [-0.2, 0) is 0 Å². The van der Waals surface area contributed by atoms with Gasteiger partial charge in [-0.1, -0.05) is 31.7 Å². The van der Waals surface area contributed by atoms with E-state index in [1.165, 1.54) is 38.5 Å². The Hall–Kier alpha value is -2.56. The summed E-state index contributed by atoms with van der Waals surface area (Å²) in [5.74, 6) is 0.394. The number of carbonyl (C=O) groups excluding carboxylic acids is 1. The number of aromatic nitrogens is 1. The lowest BCUT2D eigenvalue weighted by atomic mass is 10.1. The average Bonchev–Trinajstić information content (AvgIpc) is 2.91. The van der Waals surface area contributed by atoms with Crippen LogP contribution < -0.4 is 15.4 Å². The van der Waals surface area contributed by atoms with Crippen LogP contribution in [0.15, 0.2) is 36.5 Å². The maximum absolute atomic E-state index is 12.5. The molecule has 0 spiro atoms. The molecule has 1 saturated carbocycles. The number of anilines is 2. The van der Waals surface area contributed by atoms with Crippen LogP contribution in [0.3, 0.4) is 0 Å². The number of rotatable bonds is 5. The molecule has 2 N–H and O–H groups in total. The number of methoxy groups -OCH3 is 1. The van der Waals surface area contributed by atoms with E-state index < -0.39 is 0 Å². The second-order valence-corrected chi connectivity index (χ2v) is 6.92. The van der Waals surface area contributed by atoms with Crippen molar-refractivity contribution >= 4 is 17.3 Å². The number of amides is 1. The molecule has 1 aromatic carbocycles. The van der Waals surface area contributed by atoms with Gasteiger partial charge in [-0.15, -0.1) is 0 Å². The van der Waals surface area contributed by atoms with E-state index in [2.05, 4.69) is 15.6 Å². The first kappa shape index (κ1) is 18.2. The molecular weight excluding hydrogens is 326 g/mol. The maximum atomic E-state index is 12.5. The van der Waals surface area contributed by atoms with Gasteiger partial charge < -0.3 is 15.4 Å². The number of aryl methyl sites for hydroxylation is 1. The predicted molar refractivity (Wildman–Crippen MR) is 105 cm³/mol. The minimum Gasteiger partial charge on any atom is -0.495 e. The topological polar surface area (TPSA) is 63.2 Å². The molecule has 0 bridgehead atoms. The first-order valence-corrected chi connectivity index (χ1v) is 9.34. The lowest BCUT2D eigenvalue weighted by molar-refractivity contribution is 0.102. The molecule has 0 saturated heterocycles. The number of nitrogens with zero attached hydrogens (tertiary/aromatic N) is 1. The van der Waals surface area contributed by atoms with E-state index >= 15 is 0 Å². The normalized spacial score (nSPS) is 15.2. The van der Waals surface area contributed by atoms with Crippen molar-refractivity contribution in [2.75, 3.05) is 17.7 Å². The fourth-order valence-corrected chi connectivity index (χ4v) is 3.38. The van der Waals surface area contributed by atoms with E-state index in [1.54, 1.807) is 19.4 Å². The molecule has 1 fully saturated rings. The Labute approximate surface area is 155 Å². The lowest BCUT2D eigenvalue weighted by Crippen LogP contribution is -2.19. The largest absolute Gasteiger partial charge is 0.495 e. The summed E-state index contributed by atoms with van der Waals surface area (Å²) in [5.41, 5.74) is 3.07. The number of benzene rings is 1. The van der Waals surface area contributed by atoms with Crippen molar-refractivity contribution in [2.45, 2.75) is 51.5 Å². The monoisotopic (exact) mass is 353 g/mol. The second kappa shape index (κ2) is 8.70. The van der Waals surface area contributed by atoms with Gasteiger partial charge in [0.2, 0.25) is 0 Å². The van der Waals surface area contributed by atoms with Crippen LogP contribution in [0.2, 0.25) is 0 Å². The fraction of sp³-hybridized carbons (Fsp3) is 0.429. The van der Waals surface area contributed by atoms with Gasteiger partial charge >= 0.3 is 0 Å². The molecule has 0 aliphatic heterocycles. The maximum Gasteiger partial charge on any atom is 0.274 e. The van der Waals surface area contributed by atoms with Gasteiger partial charge in [-0.2, -0.15) is 0 Å². The van der Waals surface area contributed by atoms with Crippen molar-refractivity contribution in [3.8, 4) is 5.75 Å². The summed E-state index contributed by atoms with van der Waals surface area (Å²) in [4.78, 5) is 16.8. The summed E-state index contributed by atoms with van der Waals surface area (Å²) in [6.07, 6.45) is 9.38. The van der Waals surface area contributed by atoms with E-state index in [4.69, 9.17) is 4.74 Å². The Morgan fingerprint density at radius 3 is 2.54 bits per heavy atom. The Morgan fingerprint density at radius 2 is 1.88 bits per heavy atom. The van der Waals surface area contributed by atoms with Gasteiger partial charge in [0.15, 0.2) is 0 Å². The third kappa shape index (κ3) is 4.75. The first-order chi connectivity index (χ1) is 12.7. The van der Waals surface area contributed by atoms with Crippen LogP contribution in [0.1, 0.15) is 54.6 Å². The zero-order chi connectivity index (χ0) is 18.4. The van der Waals surface area contributed by atoms with E-state index in [9.17, 15) is 4.79 Å². The van der Waals surface area contributed by atoms with E-state index in [0.29, 0.717) is 23.2 Å². The summed E-state index contributed by atoms with van der Waals surface area (Å²) in [6.45, 7) is 1.97. The molecule has 5 heteroatoms. The van der Waals surface area contributed by atoms with E-state index in [-0.39, 0.29) is 5.91 Å². The zero-order valence-corrected chi connectivity index (χ0v) is 15.5. The first-order valence-electron chi connectivity index (χ1n) is 9.34. The van der Waals surface area contributed by atoms with E-state index in [1.807, 2.05) is 31.2 Å². The molecule has 26 heavy (non-hydrogen) atoms. The molecule has 138 valence electrons. The van der Waals surface area contributed by atoms with E-state index in [0.717, 1.165) is 11.3 Å². The molecule has 5 nitrogen and oxygen atoms in total. The fourth-order valence-electron chi connectivity index (χ4n) is 3.38. The molecule has 0 atom stereocenters. The van der Waals surface area contributed by atoms with Crippen LogP contribution in [0.5, 0.6) is 5.75 Å². The van der Waals surface area contributed by atoms with Crippen LogP contribution in [0.4, 0.5) is 11.4 Å². The Morgan fingerprint density at radius 1 is 1.12 bits per heavy atom. The number of carbonyl (C=O) groups is 1. The number of ether oxygens (including phenoxy) is 1. The summed E-state index contributed by atoms with van der Waals surface area (Å²) in [5, 5.41) is 6.43. The third-order valence-electron chi connectivity index (χ3n) is 4.83. The highest BCUT2D eigenvalue weighted by atomic mass is 16.5. The molecular formula is C21H27N3O2. The molecule has 0 unspecified atom stereocenters. The van der Waals surface area contributed by atoms with Crippen molar-refractivity contribution in [1.82, 2.24) is 4.98 Å². The molecule has 1 aliphatic rings. The number of nitrogens with one attached hydrogen (secondary N) is 2. The Kier molecular flexibility index (Phi) is 6.10. The molecule has 0 radical (unpaired) electrons. The molecule has 1 aliphatic carbocycles. The minimum absolute atomic E-state index is 0.241. The van der Waals surface area contributed by atoms with Gasteiger partial charge in [-0.3, -0.25) is 4.79 Å². The van der Waals surface area contributed by atoms with Crippen molar-refractivity contribution in [3.63, 3.8) is 0 Å². The average molecular weight is 353 g/mol. The highest BCUT2D eigenvalue weighted by Gasteiger charge is 2.14. The predicted octanol–water partition coefficient (Wildman–Crippen LogP) is 4.79. The number of pyridine rings is 1. The van der Waals surface area contributed by atoms with Gasteiger partial charge in [-0.05, 0) is 49.6 Å².